The summed E-state index contributed by atoms with van der Waals surface area (Å²) in [6, 6.07) is 0. The summed E-state index contributed by atoms with van der Waals surface area (Å²) >= 11 is 0. The molecule has 0 radical (unpaired) electrons. The zero-order valence-electron chi connectivity index (χ0n) is 6.64. The Morgan fingerprint density at radius 2 is 2.10 bits per heavy atom. The van der Waals surface area contributed by atoms with Gasteiger partial charge < -0.3 is 5.32 Å². The fourth-order valence-corrected chi connectivity index (χ4v) is 1.12. The van der Waals surface area contributed by atoms with Crippen molar-refractivity contribution >= 4 is 0 Å². The Morgan fingerprint density at radius 3 is 2.70 bits per heavy atom. The van der Waals surface area contributed by atoms with Gasteiger partial charge in [0.25, 0.3) is 0 Å². The van der Waals surface area contributed by atoms with Gasteiger partial charge >= 0.3 is 0 Å². The van der Waals surface area contributed by atoms with E-state index in [1.54, 1.807) is 0 Å². The minimum atomic E-state index is 1.08. The summed E-state index contributed by atoms with van der Waals surface area (Å²) in [5, 5.41) is 3.31. The van der Waals surface area contributed by atoms with Crippen LogP contribution in [0.1, 0.15) is 6.92 Å². The topological polar surface area (TPSA) is 15.3 Å². The molecule has 0 bridgehead atoms. The molecule has 2 nitrogen and oxygen atoms in total. The van der Waals surface area contributed by atoms with Crippen molar-refractivity contribution in [2.75, 3.05) is 32.7 Å². The molecule has 1 aliphatic rings. The molecule has 0 amide bonds. The number of hydrogen-bond acceptors (Lipinski definition) is 2. The average molecular weight is 140 g/mol. The number of nitrogens with one attached hydrogen (secondary N) is 1. The summed E-state index contributed by atoms with van der Waals surface area (Å²) in [5.74, 6) is 0. The molecule has 1 rings (SSSR count). The molecule has 0 spiro atoms. The molecule has 0 aliphatic carbocycles. The summed E-state index contributed by atoms with van der Waals surface area (Å²) < 4.78 is 0. The van der Waals surface area contributed by atoms with Gasteiger partial charge in [0.1, 0.15) is 0 Å². The van der Waals surface area contributed by atoms with Gasteiger partial charge in [-0.15, -0.1) is 0 Å². The van der Waals surface area contributed by atoms with Gasteiger partial charge in [-0.3, -0.25) is 4.90 Å². The van der Waals surface area contributed by atoms with Crippen molar-refractivity contribution in [3.05, 3.63) is 12.2 Å². The monoisotopic (exact) mass is 140 g/mol. The highest BCUT2D eigenvalue weighted by Gasteiger charge is 2.03. The lowest BCUT2D eigenvalue weighted by molar-refractivity contribution is 0.350. The van der Waals surface area contributed by atoms with Gasteiger partial charge in [0.2, 0.25) is 0 Å². The largest absolute Gasteiger partial charge is 0.316 e. The van der Waals surface area contributed by atoms with Crippen molar-refractivity contribution in [2.24, 2.45) is 0 Å². The van der Waals surface area contributed by atoms with Crippen molar-refractivity contribution in [2.45, 2.75) is 6.92 Å². The van der Waals surface area contributed by atoms with Crippen LogP contribution in [-0.4, -0.2) is 37.6 Å². The molecule has 1 N–H and O–H groups in total. The molecule has 1 heterocycles. The van der Waals surface area contributed by atoms with Crippen LogP contribution >= 0.6 is 0 Å². The Labute approximate surface area is 62.9 Å². The van der Waals surface area contributed by atoms with E-state index in [1.165, 1.54) is 6.54 Å². The van der Waals surface area contributed by atoms with Crippen molar-refractivity contribution in [1.29, 1.82) is 0 Å². The molecular weight excluding hydrogens is 124 g/mol. The molecule has 0 atom stereocenters. The molecule has 0 saturated carbocycles. The van der Waals surface area contributed by atoms with Crippen LogP contribution in [0.3, 0.4) is 0 Å². The summed E-state index contributed by atoms with van der Waals surface area (Å²) in [4.78, 5) is 2.42. The molecule has 10 heavy (non-hydrogen) atoms. The first-order valence-electron chi connectivity index (χ1n) is 4.01. The molecule has 0 saturated heterocycles. The first-order chi connectivity index (χ1) is 4.93. The second-order valence-corrected chi connectivity index (χ2v) is 2.58. The van der Waals surface area contributed by atoms with E-state index in [-0.39, 0.29) is 0 Å². The van der Waals surface area contributed by atoms with Gasteiger partial charge in [-0.25, -0.2) is 0 Å². The highest BCUT2D eigenvalue weighted by atomic mass is 15.1. The van der Waals surface area contributed by atoms with Crippen LogP contribution in [0.4, 0.5) is 0 Å². The van der Waals surface area contributed by atoms with Crippen LogP contribution in [0.5, 0.6) is 0 Å². The van der Waals surface area contributed by atoms with Gasteiger partial charge in [0.05, 0.1) is 0 Å². The third-order valence-electron chi connectivity index (χ3n) is 1.75. The van der Waals surface area contributed by atoms with E-state index < -0.39 is 0 Å². The van der Waals surface area contributed by atoms with E-state index in [4.69, 9.17) is 0 Å². The Hall–Kier alpha value is -0.340. The normalized spacial score (nSPS) is 18.5. The van der Waals surface area contributed by atoms with Crippen LogP contribution in [0.2, 0.25) is 0 Å². The fourth-order valence-electron chi connectivity index (χ4n) is 1.12. The predicted molar refractivity (Wildman–Crippen MR) is 44.1 cm³/mol. The van der Waals surface area contributed by atoms with Gasteiger partial charge in [-0.2, -0.15) is 0 Å². The standard InChI is InChI=1S/C8H16N2/c1-2-9-5-8-10-6-3-4-7-10/h3-4,9H,2,5-8H2,1H3. The quantitative estimate of drug-likeness (QED) is 0.451. The summed E-state index contributed by atoms with van der Waals surface area (Å²) in [7, 11) is 0. The molecule has 2 heteroatoms. The maximum absolute atomic E-state index is 3.31. The van der Waals surface area contributed by atoms with Crippen LogP contribution in [0.25, 0.3) is 0 Å². The van der Waals surface area contributed by atoms with Crippen molar-refractivity contribution in [3.63, 3.8) is 0 Å². The van der Waals surface area contributed by atoms with Crippen LogP contribution < -0.4 is 5.32 Å². The van der Waals surface area contributed by atoms with E-state index in [9.17, 15) is 0 Å². The number of nitrogens with zero attached hydrogens (tertiary/aromatic N) is 1. The number of hydrogen-bond donors (Lipinski definition) is 1. The Bertz CT molecular complexity index is 102. The van der Waals surface area contributed by atoms with Crippen LogP contribution in [-0.2, 0) is 0 Å². The minimum Gasteiger partial charge on any atom is -0.316 e. The van der Waals surface area contributed by atoms with Crippen molar-refractivity contribution in [1.82, 2.24) is 10.2 Å². The van der Waals surface area contributed by atoms with E-state index >= 15 is 0 Å². The lowest BCUT2D eigenvalue weighted by Gasteiger charge is -2.13. The highest BCUT2D eigenvalue weighted by Crippen LogP contribution is 1.95. The number of likely N-dealkylation sites (N-methyl/N-ethyl adjacent to an activating group) is 1. The first kappa shape index (κ1) is 7.76. The summed E-state index contributed by atoms with van der Waals surface area (Å²) in [6.07, 6.45) is 4.46. The SMILES string of the molecule is CCNCCN1CC=CC1. The molecule has 0 aromatic heterocycles. The van der Waals surface area contributed by atoms with E-state index in [2.05, 4.69) is 29.3 Å². The lowest BCUT2D eigenvalue weighted by atomic mass is 10.5. The zero-order chi connectivity index (χ0) is 7.23. The third kappa shape index (κ3) is 2.50. The van der Waals surface area contributed by atoms with Crippen LogP contribution in [0, 0.1) is 0 Å². The molecule has 0 unspecified atom stereocenters. The molecule has 0 aromatic carbocycles. The highest BCUT2D eigenvalue weighted by molar-refractivity contribution is 4.95. The van der Waals surface area contributed by atoms with Crippen molar-refractivity contribution in [3.8, 4) is 0 Å². The lowest BCUT2D eigenvalue weighted by Crippen LogP contribution is -2.30. The smallest absolute Gasteiger partial charge is 0.0167 e. The third-order valence-corrected chi connectivity index (χ3v) is 1.75. The second-order valence-electron chi connectivity index (χ2n) is 2.58. The van der Waals surface area contributed by atoms with Gasteiger partial charge in [-0.1, -0.05) is 19.1 Å². The van der Waals surface area contributed by atoms with E-state index in [0.717, 1.165) is 26.2 Å². The van der Waals surface area contributed by atoms with Crippen molar-refractivity contribution < 1.29 is 0 Å². The van der Waals surface area contributed by atoms with E-state index in [0.29, 0.717) is 0 Å². The maximum atomic E-state index is 3.31. The Kier molecular flexibility index (Phi) is 3.47. The first-order valence-corrected chi connectivity index (χ1v) is 4.01. The zero-order valence-corrected chi connectivity index (χ0v) is 6.64. The molecular formula is C8H16N2. The Morgan fingerprint density at radius 1 is 1.40 bits per heavy atom. The number of rotatable bonds is 4. The minimum absolute atomic E-state index is 1.08. The maximum Gasteiger partial charge on any atom is 0.0167 e. The average Bonchev–Trinajstić information content (AvgIpc) is 2.41. The second kappa shape index (κ2) is 4.47. The van der Waals surface area contributed by atoms with Gasteiger partial charge in [-0.05, 0) is 6.54 Å². The fraction of sp³-hybridized carbons (Fsp3) is 0.750. The van der Waals surface area contributed by atoms with Crippen LogP contribution in [0.15, 0.2) is 12.2 Å². The Balaban J connectivity index is 1.93. The summed E-state index contributed by atoms with van der Waals surface area (Å²) in [5.41, 5.74) is 0. The van der Waals surface area contributed by atoms with Gasteiger partial charge in [0.15, 0.2) is 0 Å². The molecule has 58 valence electrons. The van der Waals surface area contributed by atoms with Gasteiger partial charge in [0, 0.05) is 26.2 Å². The van der Waals surface area contributed by atoms with E-state index in [1.807, 2.05) is 0 Å². The molecule has 0 aromatic rings. The summed E-state index contributed by atoms with van der Waals surface area (Å²) in [6.45, 7) is 7.82. The predicted octanol–water partition coefficient (Wildman–Crippen LogP) is 0.468. The molecule has 0 fully saturated rings. The molecule has 1 aliphatic heterocycles.